The summed E-state index contributed by atoms with van der Waals surface area (Å²) in [5.74, 6) is -104. The third kappa shape index (κ3) is 15.3. The summed E-state index contributed by atoms with van der Waals surface area (Å²) in [6, 6.07) is 0. The number of carbonyl (C=O) groups is 6. The average Bonchev–Trinajstić information content (AvgIpc) is 1.57. The van der Waals surface area contributed by atoms with Gasteiger partial charge in [0.15, 0.2) is 140 Å². The molecule has 132 heavy (non-hydrogen) atoms. The van der Waals surface area contributed by atoms with Crippen LogP contribution in [-0.4, -0.2) is 105 Å². The number of H-pyrrole nitrogens is 6. The maximum Gasteiger partial charge on any atom is 0.340 e. The number of rotatable bonds is 18. The van der Waals surface area contributed by atoms with E-state index in [9.17, 15) is 0 Å². The molecule has 6 aromatic heterocycles. The Morgan fingerprint density at radius 3 is 0.341 bits per heavy atom. The first kappa shape index (κ1) is 95.3. The minimum Gasteiger partial charge on any atom is -0.462 e. The number of aromatic nitrogens is 6. The molecule has 12 bridgehead atoms. The maximum atomic E-state index is 17.3. The smallest absolute Gasteiger partial charge is 0.340 e. The summed E-state index contributed by atoms with van der Waals surface area (Å²) in [6.07, 6.45) is -11.8. The van der Waals surface area contributed by atoms with E-state index in [2.05, 4.69) is 29.9 Å². The van der Waals surface area contributed by atoms with Gasteiger partial charge in [-0.2, -0.15) is 0 Å². The third-order valence-corrected chi connectivity index (χ3v) is 20.7. The van der Waals surface area contributed by atoms with E-state index in [0.717, 1.165) is 41.5 Å². The Morgan fingerprint density at radius 1 is 0.159 bits per heavy atom. The second-order valence-electron chi connectivity index (χ2n) is 28.0. The van der Waals surface area contributed by atoms with Gasteiger partial charge in [0, 0.05) is 140 Å². The number of fused-ring (bicyclic) bond motifs is 12. The predicted octanol–water partition coefficient (Wildman–Crippen LogP) is 20.7. The van der Waals surface area contributed by atoms with Gasteiger partial charge in [0.05, 0.1) is 106 Å². The van der Waals surface area contributed by atoms with Crippen LogP contribution in [0.5, 0.6) is 0 Å². The van der Waals surface area contributed by atoms with Crippen molar-refractivity contribution in [1.29, 1.82) is 0 Å². The van der Waals surface area contributed by atoms with Crippen LogP contribution in [0.25, 0.3) is 66.8 Å². The standard InChI is InChI=1S/C84H48F30N6O12/c1-7-127-79(121)37-25-13-20-32(44-51(87)63(99)74(110)64(100)52(44)88)39(81(123)129-9-3)27(116-20)15-22-34(46-55(91)67(103)76(112)68(104)56(46)92)41(83(125)131-11-5)29(118-22)17-24-36(48-59(95)71(107)78(114)72(108)60(48)96)42(84(126)132-12-6)30(120-24)18-23-35(47-57(93)69(105)77(113)70(106)58(47)94)40(82(124)130-10-4)28(119-23)16-21-33(45-53(89)65(101)75(111)66(102)54(45)90)38(80(122)128-8-2)26(117-21)14-19(115-25)31(37)43-49(85)61(97)73(109)62(98)50(43)86/h115-120H,7-18H2,1-6H3. The van der Waals surface area contributed by atoms with E-state index in [1.807, 2.05) is 0 Å². The molecule has 13 rings (SSSR count). The number of hydrogen-bond acceptors (Lipinski definition) is 12. The molecule has 1 aliphatic heterocycles. The number of ether oxygens (including phenoxy) is 6. The van der Waals surface area contributed by atoms with Gasteiger partial charge < -0.3 is 58.3 Å². The first-order valence-electron chi connectivity index (χ1n) is 37.8. The summed E-state index contributed by atoms with van der Waals surface area (Å²) < 4.78 is 525. The summed E-state index contributed by atoms with van der Waals surface area (Å²) in [5, 5.41) is 0. The molecule has 12 aromatic rings. The van der Waals surface area contributed by atoms with Gasteiger partial charge in [-0.05, 0) is 41.5 Å². The molecule has 0 aliphatic carbocycles. The van der Waals surface area contributed by atoms with Crippen molar-refractivity contribution >= 4 is 35.8 Å². The molecule has 18 nitrogen and oxygen atoms in total. The molecule has 6 aromatic carbocycles. The van der Waals surface area contributed by atoms with Crippen LogP contribution in [0, 0.1) is 175 Å². The SMILES string of the molecule is CCOC(=O)c1c2[nH]c(c1-c1c(F)c(F)c(F)c(F)c1F)Cc1[nH]c(c(-c3c(F)c(F)c(F)c(F)c3F)c1C(=O)OCC)Cc1[nH]c(c(-c3c(F)c(F)c(F)c(F)c3F)c1C(=O)OCC)Cc1[nH]c(c(-c3c(F)c(F)c(F)c(F)c3F)c1C(=O)OCC)Cc1[nH]c(c(-c3c(F)c(F)c(F)c(F)c3F)c1C(=O)OCC)Cc1[nH]c(c(-c3c(F)c(F)c(F)c(F)c3F)c1C(=O)OCC)C2. The fourth-order valence-corrected chi connectivity index (χ4v) is 15.5. The highest BCUT2D eigenvalue weighted by molar-refractivity contribution is 6.06. The molecule has 0 unspecified atom stereocenters. The van der Waals surface area contributed by atoms with Crippen molar-refractivity contribution < 1.29 is 189 Å². The number of carbonyl (C=O) groups excluding carboxylic acids is 6. The fourth-order valence-electron chi connectivity index (χ4n) is 15.5. The highest BCUT2D eigenvalue weighted by atomic mass is 19.2. The maximum absolute atomic E-state index is 17.3. The van der Waals surface area contributed by atoms with Crippen molar-refractivity contribution in [3.05, 3.63) is 276 Å². The molecule has 0 fully saturated rings. The molecular weight excluding hydrogens is 1850 g/mol. The quantitative estimate of drug-likeness (QED) is 0.0154. The van der Waals surface area contributed by atoms with Gasteiger partial charge in [-0.3, -0.25) is 0 Å². The van der Waals surface area contributed by atoms with Crippen LogP contribution in [0.4, 0.5) is 132 Å². The Bertz CT molecular complexity index is 5750. The van der Waals surface area contributed by atoms with Gasteiger partial charge in [0.1, 0.15) is 0 Å². The van der Waals surface area contributed by atoms with E-state index in [-0.39, 0.29) is 0 Å². The lowest BCUT2D eigenvalue weighted by Gasteiger charge is -2.14. The zero-order valence-corrected chi connectivity index (χ0v) is 66.7. The number of aromatic amines is 6. The van der Waals surface area contributed by atoms with E-state index in [1.165, 1.54) is 0 Å². The number of esters is 6. The van der Waals surface area contributed by atoms with E-state index in [1.54, 1.807) is 0 Å². The van der Waals surface area contributed by atoms with Gasteiger partial charge in [0.2, 0.25) is 34.9 Å². The molecule has 0 atom stereocenters. The van der Waals surface area contributed by atoms with Gasteiger partial charge in [-0.15, -0.1) is 0 Å². The largest absolute Gasteiger partial charge is 0.462 e. The molecule has 0 radical (unpaired) electrons. The molecule has 0 saturated carbocycles. The predicted molar refractivity (Wildman–Crippen MR) is 389 cm³/mol. The zero-order chi connectivity index (χ0) is 97.1. The summed E-state index contributed by atoms with van der Waals surface area (Å²) in [6.45, 7) is -0.854. The summed E-state index contributed by atoms with van der Waals surface area (Å²) in [7, 11) is 0. The topological polar surface area (TPSA) is 253 Å². The molecule has 0 amide bonds. The molecule has 0 saturated heterocycles. The fraction of sp³-hybridized carbons (Fsp3) is 0.214. The van der Waals surface area contributed by atoms with Gasteiger partial charge in [-0.1, -0.05) is 0 Å². The minimum absolute atomic E-state index is 0.903. The lowest BCUT2D eigenvalue weighted by Crippen LogP contribution is -2.13. The van der Waals surface area contributed by atoms with Crippen LogP contribution in [0.15, 0.2) is 0 Å². The number of benzene rings is 6. The van der Waals surface area contributed by atoms with Crippen molar-refractivity contribution in [3.63, 3.8) is 0 Å². The van der Waals surface area contributed by atoms with Crippen LogP contribution in [0.1, 0.15) is 172 Å². The Balaban J connectivity index is 1.33. The highest BCUT2D eigenvalue weighted by Crippen LogP contribution is 2.51. The Hall–Kier alpha value is -14.3. The second kappa shape index (κ2) is 36.2. The molecule has 696 valence electrons. The Labute approximate surface area is 715 Å². The first-order chi connectivity index (χ1) is 62.3. The molecule has 7 heterocycles. The summed E-state index contributed by atoms with van der Waals surface area (Å²) in [5.41, 5.74) is -54.1. The van der Waals surface area contributed by atoms with Crippen LogP contribution in [0.3, 0.4) is 0 Å². The average molecular weight is 1900 g/mol. The highest BCUT2D eigenvalue weighted by Gasteiger charge is 2.46. The van der Waals surface area contributed by atoms with Crippen molar-refractivity contribution in [2.45, 2.75) is 80.1 Å². The van der Waals surface area contributed by atoms with E-state index in [4.69, 9.17) is 28.4 Å². The minimum atomic E-state index is -3.07. The van der Waals surface area contributed by atoms with E-state index in [0.29, 0.717) is 0 Å². The third-order valence-electron chi connectivity index (χ3n) is 20.7. The first-order valence-corrected chi connectivity index (χ1v) is 37.8. The number of halogens is 30. The second-order valence-corrected chi connectivity index (χ2v) is 28.0. The molecule has 6 N–H and O–H groups in total. The van der Waals surface area contributed by atoms with Gasteiger partial charge >= 0.3 is 35.8 Å². The Morgan fingerprint density at radius 2 is 0.250 bits per heavy atom. The van der Waals surface area contributed by atoms with Crippen molar-refractivity contribution in [2.24, 2.45) is 0 Å². The van der Waals surface area contributed by atoms with Gasteiger partial charge in [-0.25, -0.2) is 160 Å². The molecular formula is C84H48F30N6O12. The lowest BCUT2D eigenvalue weighted by molar-refractivity contribution is 0.0516. The van der Waals surface area contributed by atoms with Gasteiger partial charge in [0.25, 0.3) is 0 Å². The molecule has 0 spiro atoms. The Kier molecular flexibility index (Phi) is 26.2. The number of nitrogens with one attached hydrogen (secondary N) is 6. The molecule has 1 aliphatic rings. The molecule has 48 heteroatoms. The van der Waals surface area contributed by atoms with Crippen molar-refractivity contribution in [1.82, 2.24) is 29.9 Å². The van der Waals surface area contributed by atoms with E-state index >= 15 is 160 Å². The van der Waals surface area contributed by atoms with Crippen LogP contribution < -0.4 is 0 Å². The summed E-state index contributed by atoms with van der Waals surface area (Å²) in [4.78, 5) is 104. The van der Waals surface area contributed by atoms with Crippen molar-refractivity contribution in [3.8, 4) is 66.8 Å². The van der Waals surface area contributed by atoms with Crippen LogP contribution in [0.2, 0.25) is 0 Å². The monoisotopic (exact) mass is 1900 g/mol. The van der Waals surface area contributed by atoms with Crippen molar-refractivity contribution in [2.75, 3.05) is 39.6 Å². The number of hydrogen-bond donors (Lipinski definition) is 6. The van der Waals surface area contributed by atoms with Crippen LogP contribution >= 0.6 is 0 Å². The zero-order valence-electron chi connectivity index (χ0n) is 66.7. The van der Waals surface area contributed by atoms with E-state index < -0.39 is 457 Å². The summed E-state index contributed by atoms with van der Waals surface area (Å²) >= 11 is 0. The lowest BCUT2D eigenvalue weighted by atomic mass is 9.91. The van der Waals surface area contributed by atoms with Crippen LogP contribution in [-0.2, 0) is 66.9 Å². The normalized spacial score (nSPS) is 12.3.